The summed E-state index contributed by atoms with van der Waals surface area (Å²) in [5.41, 5.74) is 2.03. The maximum absolute atomic E-state index is 13.0. The van der Waals surface area contributed by atoms with Crippen LogP contribution in [0.2, 0.25) is 0 Å². The van der Waals surface area contributed by atoms with Crippen LogP contribution in [0.5, 0.6) is 5.75 Å². The Morgan fingerprint density at radius 3 is 2.09 bits per heavy atom. The lowest BCUT2D eigenvalue weighted by atomic mass is 10.0. The summed E-state index contributed by atoms with van der Waals surface area (Å²) in [5.74, 6) is -0.214. The smallest absolute Gasteiger partial charge is 0.343 e. The lowest BCUT2D eigenvalue weighted by Crippen LogP contribution is -2.09. The third kappa shape index (κ3) is 3.74. The molecule has 0 radical (unpaired) electrons. The molecule has 0 saturated carbocycles. The van der Waals surface area contributed by atoms with Crippen molar-refractivity contribution in [2.45, 2.75) is 6.92 Å². The number of hydrogen-bond acceptors (Lipinski definition) is 5. The maximum atomic E-state index is 13.0. The number of benzene rings is 4. The van der Waals surface area contributed by atoms with Crippen molar-refractivity contribution in [1.29, 1.82) is 0 Å². The Balaban J connectivity index is 1.76. The second kappa shape index (κ2) is 8.63. The molecular formula is C28H20O5. The number of carbonyl (C=O) groups is 2. The van der Waals surface area contributed by atoms with Crippen LogP contribution in [0.4, 0.5) is 0 Å². The molecule has 5 rings (SSSR count). The molecule has 4 aromatic carbocycles. The lowest BCUT2D eigenvalue weighted by molar-refractivity contribution is 0.0528. The molecule has 0 aliphatic rings. The SMILES string of the molecule is CCOC(=O)c1c(-c2ccccc2)oc2c1cc(OC(=O)c1ccccc1)c1ccccc12. The lowest BCUT2D eigenvalue weighted by Gasteiger charge is -2.09. The molecule has 0 N–H and O–H groups in total. The first-order chi connectivity index (χ1) is 16.2. The summed E-state index contributed by atoms with van der Waals surface area (Å²) in [6.07, 6.45) is 0. The number of furan rings is 1. The third-order valence-corrected chi connectivity index (χ3v) is 5.39. The van der Waals surface area contributed by atoms with Crippen LogP contribution in [0.1, 0.15) is 27.6 Å². The van der Waals surface area contributed by atoms with Gasteiger partial charge in [0.25, 0.3) is 0 Å². The van der Waals surface area contributed by atoms with E-state index in [9.17, 15) is 9.59 Å². The molecule has 1 aromatic heterocycles. The summed E-state index contributed by atoms with van der Waals surface area (Å²) >= 11 is 0. The maximum Gasteiger partial charge on any atom is 0.343 e. The Morgan fingerprint density at radius 2 is 1.39 bits per heavy atom. The zero-order chi connectivity index (χ0) is 22.8. The minimum Gasteiger partial charge on any atom is -0.462 e. The zero-order valence-electron chi connectivity index (χ0n) is 17.9. The highest BCUT2D eigenvalue weighted by molar-refractivity contribution is 6.17. The van der Waals surface area contributed by atoms with Crippen molar-refractivity contribution < 1.29 is 23.5 Å². The molecule has 0 spiro atoms. The molecule has 0 atom stereocenters. The molecule has 5 nitrogen and oxygen atoms in total. The Labute approximate surface area is 190 Å². The fourth-order valence-electron chi connectivity index (χ4n) is 3.90. The monoisotopic (exact) mass is 436 g/mol. The first-order valence-electron chi connectivity index (χ1n) is 10.7. The predicted octanol–water partition coefficient (Wildman–Crippen LogP) is 6.65. The van der Waals surface area contributed by atoms with E-state index < -0.39 is 11.9 Å². The molecule has 0 aliphatic carbocycles. The summed E-state index contributed by atoms with van der Waals surface area (Å²) in [5, 5.41) is 1.97. The molecule has 5 heteroatoms. The van der Waals surface area contributed by atoms with Gasteiger partial charge in [0.15, 0.2) is 0 Å². The minimum absolute atomic E-state index is 0.225. The number of carbonyl (C=O) groups excluding carboxylic acids is 2. The quantitative estimate of drug-likeness (QED) is 0.228. The normalized spacial score (nSPS) is 10.9. The summed E-state index contributed by atoms with van der Waals surface area (Å²) in [6.45, 7) is 1.98. The van der Waals surface area contributed by atoms with Gasteiger partial charge in [-0.25, -0.2) is 9.59 Å². The van der Waals surface area contributed by atoms with E-state index in [1.807, 2.05) is 60.7 Å². The predicted molar refractivity (Wildman–Crippen MR) is 127 cm³/mol. The third-order valence-electron chi connectivity index (χ3n) is 5.39. The summed E-state index contributed by atoms with van der Waals surface area (Å²) < 4.78 is 17.4. The summed E-state index contributed by atoms with van der Waals surface area (Å²) in [4.78, 5) is 25.8. The number of ether oxygens (including phenoxy) is 2. The fourth-order valence-corrected chi connectivity index (χ4v) is 3.90. The van der Waals surface area contributed by atoms with Crippen LogP contribution in [0.3, 0.4) is 0 Å². The highest BCUT2D eigenvalue weighted by Gasteiger charge is 2.26. The van der Waals surface area contributed by atoms with E-state index in [1.54, 1.807) is 37.3 Å². The van der Waals surface area contributed by atoms with E-state index in [4.69, 9.17) is 13.9 Å². The highest BCUT2D eigenvalue weighted by atomic mass is 16.5. The molecule has 162 valence electrons. The second-order valence-corrected chi connectivity index (χ2v) is 7.45. The van der Waals surface area contributed by atoms with Gasteiger partial charge in [-0.05, 0) is 25.1 Å². The number of fused-ring (bicyclic) bond motifs is 3. The number of hydrogen-bond donors (Lipinski definition) is 0. The van der Waals surface area contributed by atoms with Gasteiger partial charge in [0.2, 0.25) is 0 Å². The van der Waals surface area contributed by atoms with Gasteiger partial charge >= 0.3 is 11.9 Å². The highest BCUT2D eigenvalue weighted by Crippen LogP contribution is 2.41. The standard InChI is InChI=1S/C28H20O5/c1-2-31-28(30)24-22-17-23(32-27(29)19-13-7-4-8-14-19)20-15-9-10-16-21(20)26(22)33-25(24)18-11-5-3-6-12-18/h3-17H,2H2,1H3. The van der Waals surface area contributed by atoms with Gasteiger partial charge in [-0.1, -0.05) is 72.8 Å². The molecule has 1 heterocycles. The van der Waals surface area contributed by atoms with Gasteiger partial charge in [-0.3, -0.25) is 0 Å². The largest absolute Gasteiger partial charge is 0.462 e. The molecule has 0 saturated heterocycles. The van der Waals surface area contributed by atoms with Crippen LogP contribution in [-0.2, 0) is 4.74 Å². The van der Waals surface area contributed by atoms with Gasteiger partial charge in [-0.15, -0.1) is 0 Å². The van der Waals surface area contributed by atoms with Crippen LogP contribution in [0, 0.1) is 0 Å². The molecule has 33 heavy (non-hydrogen) atoms. The molecule has 0 bridgehead atoms. The Hall–Kier alpha value is -4.38. The van der Waals surface area contributed by atoms with Crippen LogP contribution in [0.25, 0.3) is 33.1 Å². The topological polar surface area (TPSA) is 65.7 Å². The van der Waals surface area contributed by atoms with E-state index in [0.717, 1.165) is 10.9 Å². The number of esters is 2. The van der Waals surface area contributed by atoms with E-state index in [-0.39, 0.29) is 6.61 Å². The second-order valence-electron chi connectivity index (χ2n) is 7.45. The van der Waals surface area contributed by atoms with Gasteiger partial charge in [0.05, 0.1) is 12.2 Å². The van der Waals surface area contributed by atoms with Crippen molar-refractivity contribution in [3.63, 3.8) is 0 Å². The van der Waals surface area contributed by atoms with Crippen molar-refractivity contribution in [3.05, 3.63) is 102 Å². The van der Waals surface area contributed by atoms with Crippen LogP contribution >= 0.6 is 0 Å². The minimum atomic E-state index is -0.495. The van der Waals surface area contributed by atoms with Crippen molar-refractivity contribution in [3.8, 4) is 17.1 Å². The van der Waals surface area contributed by atoms with Crippen LogP contribution in [-0.4, -0.2) is 18.5 Å². The van der Waals surface area contributed by atoms with Gasteiger partial charge in [-0.2, -0.15) is 0 Å². The zero-order valence-corrected chi connectivity index (χ0v) is 17.9. The van der Waals surface area contributed by atoms with E-state index in [2.05, 4.69) is 0 Å². The Morgan fingerprint density at radius 1 is 0.758 bits per heavy atom. The van der Waals surface area contributed by atoms with Crippen LogP contribution in [0.15, 0.2) is 95.4 Å². The van der Waals surface area contributed by atoms with Crippen molar-refractivity contribution >= 4 is 33.7 Å². The van der Waals surface area contributed by atoms with Gasteiger partial charge in [0, 0.05) is 21.7 Å². The van der Waals surface area contributed by atoms with E-state index in [1.165, 1.54) is 0 Å². The number of rotatable bonds is 5. The summed E-state index contributed by atoms with van der Waals surface area (Å²) in [7, 11) is 0. The molecule has 0 fully saturated rings. The fraction of sp³-hybridized carbons (Fsp3) is 0.0714. The molecule has 5 aromatic rings. The first kappa shape index (κ1) is 20.5. The van der Waals surface area contributed by atoms with Crippen molar-refractivity contribution in [1.82, 2.24) is 0 Å². The van der Waals surface area contributed by atoms with Gasteiger partial charge < -0.3 is 13.9 Å². The molecule has 0 amide bonds. The first-order valence-corrected chi connectivity index (χ1v) is 10.7. The van der Waals surface area contributed by atoms with Gasteiger partial charge in [0.1, 0.15) is 22.7 Å². The Kier molecular flexibility index (Phi) is 5.37. The molecule has 0 aliphatic heterocycles. The molecule has 0 unspecified atom stereocenters. The van der Waals surface area contributed by atoms with E-state index in [0.29, 0.717) is 39.0 Å². The average Bonchev–Trinajstić information content (AvgIpc) is 3.25. The van der Waals surface area contributed by atoms with E-state index >= 15 is 0 Å². The van der Waals surface area contributed by atoms with Crippen molar-refractivity contribution in [2.75, 3.05) is 6.61 Å². The molecular weight excluding hydrogens is 416 g/mol. The Bertz CT molecular complexity index is 1470. The van der Waals surface area contributed by atoms with Crippen LogP contribution < -0.4 is 4.74 Å². The summed E-state index contributed by atoms with van der Waals surface area (Å²) in [6, 6.07) is 27.3. The average molecular weight is 436 g/mol. The van der Waals surface area contributed by atoms with Crippen molar-refractivity contribution in [2.24, 2.45) is 0 Å².